The van der Waals surface area contributed by atoms with Gasteiger partial charge in [-0.15, -0.1) is 35.3 Å². The third-order valence-corrected chi connectivity index (χ3v) is 12.6. The molecule has 0 aliphatic carbocycles. The van der Waals surface area contributed by atoms with Crippen molar-refractivity contribution in [1.82, 2.24) is 0 Å². The van der Waals surface area contributed by atoms with Crippen LogP contribution in [0.3, 0.4) is 0 Å². The van der Waals surface area contributed by atoms with Crippen molar-refractivity contribution >= 4 is 71.1 Å². The van der Waals surface area contributed by atoms with E-state index in [9.17, 15) is 49.2 Å². The van der Waals surface area contributed by atoms with Crippen molar-refractivity contribution in [2.75, 3.05) is 35.5 Å². The van der Waals surface area contributed by atoms with Gasteiger partial charge in [-0.25, -0.2) is 28.8 Å². The van der Waals surface area contributed by atoms with Gasteiger partial charge in [0.15, 0.2) is 0 Å². The highest BCUT2D eigenvalue weighted by Crippen LogP contribution is 2.33. The van der Waals surface area contributed by atoms with Crippen LogP contribution in [0.2, 0.25) is 0 Å². The van der Waals surface area contributed by atoms with Crippen LogP contribution in [0.5, 0.6) is 17.2 Å². The highest BCUT2D eigenvalue weighted by Gasteiger charge is 2.25. The molecule has 0 aromatic heterocycles. The van der Waals surface area contributed by atoms with Gasteiger partial charge in [-0.3, -0.25) is 0 Å². The lowest BCUT2D eigenvalue weighted by atomic mass is 10.0. The molecule has 0 heterocycles. The Morgan fingerprint density at radius 3 is 0.971 bits per heavy atom. The zero-order valence-corrected chi connectivity index (χ0v) is 39.7. The van der Waals surface area contributed by atoms with E-state index in [4.69, 9.17) is 18.9 Å². The molecule has 6 aromatic rings. The summed E-state index contributed by atoms with van der Waals surface area (Å²) in [4.78, 5) is 72.7. The average molecular weight is 983 g/mol. The van der Waals surface area contributed by atoms with Gasteiger partial charge in [-0.05, 0) is 89.5 Å². The second kappa shape index (κ2) is 26.7. The maximum Gasteiger partial charge on any atom is 0.339 e. The van der Waals surface area contributed by atoms with E-state index in [0.717, 1.165) is 14.7 Å². The molecule has 0 aliphatic rings. The summed E-state index contributed by atoms with van der Waals surface area (Å²) >= 11 is 4.41. The third-order valence-electron chi connectivity index (χ3n) is 9.38. The number of carboxylic acids is 4. The van der Waals surface area contributed by atoms with Gasteiger partial charge >= 0.3 is 35.8 Å². The summed E-state index contributed by atoms with van der Waals surface area (Å²) in [5.41, 5.74) is 0.882. The van der Waals surface area contributed by atoms with Crippen molar-refractivity contribution in [2.24, 2.45) is 0 Å². The quantitative estimate of drug-likeness (QED) is 0.0463. The summed E-state index contributed by atoms with van der Waals surface area (Å²) < 4.78 is 24.8. The van der Waals surface area contributed by atoms with E-state index >= 15 is 0 Å². The Morgan fingerprint density at radius 2 is 0.676 bits per heavy atom. The smallest absolute Gasteiger partial charge is 0.339 e. The number of aromatic carboxylic acids is 4. The summed E-state index contributed by atoms with van der Waals surface area (Å²) in [6, 6.07) is 37.5. The number of carbonyl (C=O) groups is 6. The molecule has 0 spiro atoms. The van der Waals surface area contributed by atoms with E-state index in [1.54, 1.807) is 18.2 Å². The summed E-state index contributed by atoms with van der Waals surface area (Å²) in [6.07, 6.45) is 0. The molecule has 6 rings (SSSR count). The Labute approximate surface area is 404 Å². The number of thioether (sulfide) groups is 3. The monoisotopic (exact) mass is 982 g/mol. The summed E-state index contributed by atoms with van der Waals surface area (Å²) in [6.45, 7) is 0. The number of ether oxygens (including phenoxy) is 5. The van der Waals surface area contributed by atoms with Gasteiger partial charge in [0.05, 0.1) is 68.9 Å². The fourth-order valence-corrected chi connectivity index (χ4v) is 8.90. The minimum Gasteiger partial charge on any atom is -0.497 e. The van der Waals surface area contributed by atoms with E-state index in [2.05, 4.69) is 4.74 Å². The third kappa shape index (κ3) is 15.1. The summed E-state index contributed by atoms with van der Waals surface area (Å²) in [5.74, 6) is -4.01. The second-order valence-corrected chi connectivity index (χ2v) is 16.8. The molecule has 0 unspecified atom stereocenters. The molecule has 15 nitrogen and oxygen atoms in total. The van der Waals surface area contributed by atoms with Gasteiger partial charge < -0.3 is 44.1 Å². The maximum absolute atomic E-state index is 12.0. The molecule has 4 N–H and O–H groups in total. The fourth-order valence-electron chi connectivity index (χ4n) is 6.20. The van der Waals surface area contributed by atoms with E-state index in [1.165, 1.54) is 89.0 Å². The molecule has 0 amide bonds. The number of benzene rings is 6. The van der Waals surface area contributed by atoms with Crippen molar-refractivity contribution in [1.29, 1.82) is 0 Å². The lowest BCUT2D eigenvalue weighted by molar-refractivity contribution is 0.0579. The second-order valence-electron chi connectivity index (χ2n) is 13.6. The Morgan fingerprint density at radius 1 is 0.382 bits per heavy atom. The molecule has 0 bridgehead atoms. The van der Waals surface area contributed by atoms with Gasteiger partial charge in [-0.1, -0.05) is 54.6 Å². The largest absolute Gasteiger partial charge is 0.497 e. The van der Waals surface area contributed by atoms with Crippen LogP contribution < -0.4 is 14.2 Å². The number of carbonyl (C=O) groups excluding carboxylic acids is 2. The molecular formula is C50H46O15S3. The maximum atomic E-state index is 12.0. The van der Waals surface area contributed by atoms with Gasteiger partial charge in [-0.2, -0.15) is 0 Å². The highest BCUT2D eigenvalue weighted by atomic mass is 32.2. The number of carboxylic acid groups (broad SMARTS) is 4. The van der Waals surface area contributed by atoms with Crippen LogP contribution in [-0.4, -0.2) is 91.8 Å². The predicted molar refractivity (Wildman–Crippen MR) is 258 cm³/mol. The van der Waals surface area contributed by atoms with Gasteiger partial charge in [0.1, 0.15) is 17.2 Å². The minimum atomic E-state index is -1.29. The first-order chi connectivity index (χ1) is 32.6. The molecule has 0 saturated heterocycles. The first kappa shape index (κ1) is 53.2. The number of rotatable bonds is 18. The van der Waals surface area contributed by atoms with Crippen molar-refractivity contribution in [3.8, 4) is 17.2 Å². The summed E-state index contributed by atoms with van der Waals surface area (Å²) in [7, 11) is 6.77. The number of esters is 2. The van der Waals surface area contributed by atoms with Crippen LogP contribution in [0.4, 0.5) is 0 Å². The molecule has 0 atom stereocenters. The van der Waals surface area contributed by atoms with Crippen LogP contribution in [0, 0.1) is 0 Å². The summed E-state index contributed by atoms with van der Waals surface area (Å²) in [5, 5.41) is 37.4. The molecule has 6 aromatic carbocycles. The topological polar surface area (TPSA) is 229 Å². The van der Waals surface area contributed by atoms with Crippen molar-refractivity contribution in [3.63, 3.8) is 0 Å². The predicted octanol–water partition coefficient (Wildman–Crippen LogP) is 10.3. The molecule has 0 saturated carbocycles. The van der Waals surface area contributed by atoms with Crippen molar-refractivity contribution in [3.05, 3.63) is 177 Å². The zero-order valence-electron chi connectivity index (χ0n) is 37.3. The molecule has 0 fully saturated rings. The van der Waals surface area contributed by atoms with E-state index in [-0.39, 0.29) is 33.4 Å². The van der Waals surface area contributed by atoms with Crippen LogP contribution in [-0.2, 0) is 26.7 Å². The minimum absolute atomic E-state index is 0.0111. The van der Waals surface area contributed by atoms with Crippen molar-refractivity contribution in [2.45, 2.75) is 31.9 Å². The molecular weight excluding hydrogens is 937 g/mol. The average Bonchev–Trinajstić information content (AvgIpc) is 3.36. The number of hydrogen-bond acceptors (Lipinski definition) is 14. The highest BCUT2D eigenvalue weighted by molar-refractivity contribution is 7.99. The number of methoxy groups -OCH3 is 5. The standard InChI is InChI=1S/2C17H16O5S.C16H14O5S/c1-21-12-8-11(10-23-13-6-4-3-5-7-13)15(16(18)19)14(9-12)17(20)22-2;1-21-12-8-11(10-23-13-6-4-3-5-7-13)15(17(20)22-2)14(9-12)16(18)19;1-21-11-7-10(9-22-12-5-3-2-4-6-12)14(16(19)20)13(8-11)15(17)18/h2*3-9H,10H2,1-2H3,(H,18,19);2-8H,9H2,1H3,(H,17,18)(H,19,20). The Kier molecular flexibility index (Phi) is 20.9. The molecule has 18 heteroatoms. The van der Waals surface area contributed by atoms with Gasteiger partial charge in [0.25, 0.3) is 0 Å². The Bertz CT molecular complexity index is 2710. The van der Waals surface area contributed by atoms with E-state index in [1.807, 2.05) is 91.0 Å². The first-order valence-corrected chi connectivity index (χ1v) is 22.9. The molecule has 0 radical (unpaired) electrons. The molecule has 68 heavy (non-hydrogen) atoms. The van der Waals surface area contributed by atoms with Gasteiger partial charge in [0, 0.05) is 31.9 Å². The van der Waals surface area contributed by atoms with Crippen LogP contribution >= 0.6 is 35.3 Å². The first-order valence-electron chi connectivity index (χ1n) is 19.9. The zero-order chi connectivity index (χ0) is 49.8. The van der Waals surface area contributed by atoms with Crippen LogP contribution in [0.25, 0.3) is 0 Å². The lowest BCUT2D eigenvalue weighted by Crippen LogP contribution is -2.13. The fraction of sp³-hybridized carbons (Fsp3) is 0.160. The SMILES string of the molecule is COC(=O)c1c(CSc2ccccc2)cc(OC)cc1C(=O)O.COC(=O)c1cc(OC)cc(CSc2ccccc2)c1C(=O)O.COc1cc(CSc2ccccc2)c(C(=O)O)c(C(=O)O)c1. The van der Waals surface area contributed by atoms with Crippen LogP contribution in [0.15, 0.2) is 142 Å². The normalized spacial score (nSPS) is 10.2. The Balaban J connectivity index is 0.000000222. The lowest BCUT2D eigenvalue weighted by Gasteiger charge is -2.13. The van der Waals surface area contributed by atoms with E-state index < -0.39 is 35.8 Å². The van der Waals surface area contributed by atoms with Crippen molar-refractivity contribution < 1.29 is 72.9 Å². The van der Waals surface area contributed by atoms with Crippen LogP contribution in [0.1, 0.15) is 78.8 Å². The molecule has 354 valence electrons. The Hall–Kier alpha value is -7.41. The van der Waals surface area contributed by atoms with Gasteiger partial charge in [0.2, 0.25) is 0 Å². The molecule has 0 aliphatic heterocycles. The van der Waals surface area contributed by atoms with E-state index in [0.29, 0.717) is 51.2 Å². The number of hydrogen-bond donors (Lipinski definition) is 4.